The number of nitrogens with one attached hydrogen (secondary N) is 1. The lowest BCUT2D eigenvalue weighted by Gasteiger charge is -2.33. The molecule has 1 fully saturated rings. The topological polar surface area (TPSA) is 101 Å². The van der Waals surface area contributed by atoms with Crippen LogP contribution in [0.3, 0.4) is 0 Å². The molecule has 1 saturated heterocycles. The van der Waals surface area contributed by atoms with Crippen LogP contribution in [0.25, 0.3) is 0 Å². The lowest BCUT2D eigenvalue weighted by atomic mass is 9.87. The summed E-state index contributed by atoms with van der Waals surface area (Å²) in [5.41, 5.74) is 0.984. The summed E-state index contributed by atoms with van der Waals surface area (Å²) < 4.78 is 34.3. The van der Waals surface area contributed by atoms with Gasteiger partial charge in [0.1, 0.15) is 11.6 Å². The molecule has 9 heteroatoms. The number of rotatable bonds is 6. The zero-order valence-electron chi connectivity index (χ0n) is 22.1. The van der Waals surface area contributed by atoms with Crippen LogP contribution >= 0.6 is 0 Å². The fraction of sp³-hybridized carbons (Fsp3) is 0.393. The standard InChI is InChI=1S/C28H34N4O4S/c1-19-17-28(5,6)32(18-19)25-22(12-9-15-29-25)26(33)31-37(34,35)24-14-8-13-23(30-24)36-21-11-7-10-20(16-21)27(2,3)4/h7-16,19H,17-18H2,1-6H3,(H,31,33). The molecular weight excluding hydrogens is 488 g/mol. The molecule has 0 spiro atoms. The van der Waals surface area contributed by atoms with E-state index in [4.69, 9.17) is 4.74 Å². The lowest BCUT2D eigenvalue weighted by molar-refractivity contribution is 0.0981. The van der Waals surface area contributed by atoms with Crippen molar-refractivity contribution in [3.05, 3.63) is 71.9 Å². The Labute approximate surface area is 219 Å². The van der Waals surface area contributed by atoms with E-state index in [9.17, 15) is 13.2 Å². The van der Waals surface area contributed by atoms with Gasteiger partial charge in [-0.05, 0) is 67.5 Å². The molecule has 1 unspecified atom stereocenters. The Hall–Kier alpha value is -3.46. The third-order valence-corrected chi connectivity index (χ3v) is 7.71. The Morgan fingerprint density at radius 2 is 1.84 bits per heavy atom. The van der Waals surface area contributed by atoms with E-state index in [-0.39, 0.29) is 27.4 Å². The Balaban J connectivity index is 1.56. The van der Waals surface area contributed by atoms with Gasteiger partial charge < -0.3 is 9.64 Å². The maximum Gasteiger partial charge on any atom is 0.281 e. The van der Waals surface area contributed by atoms with E-state index in [2.05, 4.69) is 61.1 Å². The molecule has 8 nitrogen and oxygen atoms in total. The fourth-order valence-corrected chi connectivity index (χ4v) is 5.65. The van der Waals surface area contributed by atoms with Crippen molar-refractivity contribution in [3.63, 3.8) is 0 Å². The average Bonchev–Trinajstić information content (AvgIpc) is 3.10. The van der Waals surface area contributed by atoms with Crippen molar-refractivity contribution in [2.45, 2.75) is 63.9 Å². The molecule has 0 radical (unpaired) electrons. The predicted octanol–water partition coefficient (Wildman–Crippen LogP) is 5.31. The van der Waals surface area contributed by atoms with Gasteiger partial charge in [-0.15, -0.1) is 0 Å². The number of hydrogen-bond donors (Lipinski definition) is 1. The van der Waals surface area contributed by atoms with Gasteiger partial charge in [0.15, 0.2) is 5.03 Å². The first-order valence-corrected chi connectivity index (χ1v) is 13.8. The number of amides is 1. The third-order valence-electron chi connectivity index (χ3n) is 6.48. The molecule has 0 aliphatic carbocycles. The molecule has 2 aromatic heterocycles. The molecule has 0 bridgehead atoms. The highest BCUT2D eigenvalue weighted by Gasteiger charge is 2.39. The van der Waals surface area contributed by atoms with Crippen LogP contribution in [-0.4, -0.2) is 36.4 Å². The molecular formula is C28H34N4O4S. The Morgan fingerprint density at radius 1 is 1.11 bits per heavy atom. The van der Waals surface area contributed by atoms with Crippen molar-refractivity contribution in [3.8, 4) is 11.6 Å². The van der Waals surface area contributed by atoms with Crippen LogP contribution in [0.1, 0.15) is 63.9 Å². The van der Waals surface area contributed by atoms with E-state index in [1.54, 1.807) is 30.5 Å². The summed E-state index contributed by atoms with van der Waals surface area (Å²) in [5.74, 6) is 0.780. The van der Waals surface area contributed by atoms with E-state index in [0.717, 1.165) is 18.5 Å². The number of carbonyl (C=O) groups excluding carboxylic acids is 1. The van der Waals surface area contributed by atoms with E-state index in [1.165, 1.54) is 12.1 Å². The van der Waals surface area contributed by atoms with E-state index in [0.29, 0.717) is 17.5 Å². The molecule has 1 amide bonds. The van der Waals surface area contributed by atoms with Crippen LogP contribution in [0.15, 0.2) is 65.8 Å². The normalized spacial score (nSPS) is 17.5. The molecule has 1 aliphatic rings. The minimum Gasteiger partial charge on any atom is -0.439 e. The smallest absolute Gasteiger partial charge is 0.281 e. The van der Waals surface area contributed by atoms with Crippen molar-refractivity contribution in [2.75, 3.05) is 11.4 Å². The lowest BCUT2D eigenvalue weighted by Crippen LogP contribution is -2.41. The number of pyridine rings is 2. The maximum atomic E-state index is 13.2. The number of nitrogens with zero attached hydrogens (tertiary/aromatic N) is 3. The van der Waals surface area contributed by atoms with Gasteiger partial charge in [-0.2, -0.15) is 13.4 Å². The van der Waals surface area contributed by atoms with Gasteiger partial charge in [-0.1, -0.05) is 45.9 Å². The zero-order valence-corrected chi connectivity index (χ0v) is 23.0. The summed E-state index contributed by atoms with van der Waals surface area (Å²) in [6.45, 7) is 13.4. The minimum absolute atomic E-state index is 0.0737. The summed E-state index contributed by atoms with van der Waals surface area (Å²) in [6.07, 6.45) is 2.55. The summed E-state index contributed by atoms with van der Waals surface area (Å²) in [4.78, 5) is 23.9. The van der Waals surface area contributed by atoms with Crippen molar-refractivity contribution >= 4 is 21.7 Å². The third kappa shape index (κ3) is 5.93. The quantitative estimate of drug-likeness (QED) is 0.468. The summed E-state index contributed by atoms with van der Waals surface area (Å²) >= 11 is 0. The number of anilines is 1. The number of benzene rings is 1. The first-order valence-electron chi connectivity index (χ1n) is 12.3. The maximum absolute atomic E-state index is 13.2. The Kier molecular flexibility index (Phi) is 7.03. The molecule has 1 aromatic carbocycles. The molecule has 4 rings (SSSR count). The van der Waals surface area contributed by atoms with Gasteiger partial charge in [-0.25, -0.2) is 9.71 Å². The number of hydrogen-bond acceptors (Lipinski definition) is 7. The van der Waals surface area contributed by atoms with E-state index in [1.807, 2.05) is 18.2 Å². The highest BCUT2D eigenvalue weighted by molar-refractivity contribution is 7.90. The van der Waals surface area contributed by atoms with E-state index >= 15 is 0 Å². The number of ether oxygens (including phenoxy) is 1. The van der Waals surface area contributed by atoms with Crippen LogP contribution < -0.4 is 14.4 Å². The van der Waals surface area contributed by atoms with Crippen molar-refractivity contribution < 1.29 is 17.9 Å². The van der Waals surface area contributed by atoms with Crippen LogP contribution in [-0.2, 0) is 15.4 Å². The summed E-state index contributed by atoms with van der Waals surface area (Å²) in [6, 6.07) is 15.2. The van der Waals surface area contributed by atoms with Gasteiger partial charge in [0, 0.05) is 24.3 Å². The average molecular weight is 523 g/mol. The second-order valence-corrected chi connectivity index (χ2v) is 12.9. The van der Waals surface area contributed by atoms with Crippen LogP contribution in [0.4, 0.5) is 5.82 Å². The van der Waals surface area contributed by atoms with Gasteiger partial charge in [-0.3, -0.25) is 4.79 Å². The molecule has 37 heavy (non-hydrogen) atoms. The highest BCUT2D eigenvalue weighted by Crippen LogP contribution is 2.37. The zero-order chi connectivity index (χ0) is 27.0. The van der Waals surface area contributed by atoms with Crippen LogP contribution in [0, 0.1) is 5.92 Å². The van der Waals surface area contributed by atoms with E-state index < -0.39 is 15.9 Å². The fourth-order valence-electron chi connectivity index (χ4n) is 4.73. The molecule has 3 aromatic rings. The second-order valence-electron chi connectivity index (χ2n) is 11.2. The van der Waals surface area contributed by atoms with Crippen molar-refractivity contribution in [2.24, 2.45) is 5.92 Å². The molecule has 3 heterocycles. The molecule has 1 N–H and O–H groups in total. The summed E-state index contributed by atoms with van der Waals surface area (Å²) in [7, 11) is -4.27. The van der Waals surface area contributed by atoms with Gasteiger partial charge in [0.25, 0.3) is 15.9 Å². The van der Waals surface area contributed by atoms with Gasteiger partial charge in [0.2, 0.25) is 5.88 Å². The molecule has 1 aliphatic heterocycles. The van der Waals surface area contributed by atoms with Gasteiger partial charge in [0.05, 0.1) is 5.56 Å². The number of sulfonamides is 1. The first kappa shape index (κ1) is 26.6. The highest BCUT2D eigenvalue weighted by atomic mass is 32.2. The van der Waals surface area contributed by atoms with Crippen molar-refractivity contribution in [1.82, 2.24) is 14.7 Å². The Morgan fingerprint density at radius 3 is 2.51 bits per heavy atom. The minimum atomic E-state index is -4.27. The first-order chi connectivity index (χ1) is 17.3. The van der Waals surface area contributed by atoms with Crippen molar-refractivity contribution in [1.29, 1.82) is 0 Å². The Bertz CT molecular complexity index is 1410. The number of aromatic nitrogens is 2. The van der Waals surface area contributed by atoms with Crippen LogP contribution in [0.2, 0.25) is 0 Å². The molecule has 196 valence electrons. The van der Waals surface area contributed by atoms with Crippen LogP contribution in [0.5, 0.6) is 11.6 Å². The molecule has 0 saturated carbocycles. The predicted molar refractivity (Wildman–Crippen MR) is 144 cm³/mol. The molecule has 1 atom stereocenters. The monoisotopic (exact) mass is 522 g/mol. The van der Waals surface area contributed by atoms with Gasteiger partial charge >= 0.3 is 0 Å². The summed E-state index contributed by atoms with van der Waals surface area (Å²) in [5, 5.41) is -0.314. The SMILES string of the molecule is CC1CN(c2ncccc2C(=O)NS(=O)(=O)c2cccc(Oc3cccc(C(C)(C)C)c3)n2)C(C)(C)C1. The number of carbonyl (C=O) groups is 1. The second kappa shape index (κ2) is 9.78. The largest absolute Gasteiger partial charge is 0.439 e.